The third kappa shape index (κ3) is 7.73. The van der Waals surface area contributed by atoms with Crippen LogP contribution < -0.4 is 10.6 Å². The number of hydrogen-bond donors (Lipinski definition) is 3. The second-order valence-electron chi connectivity index (χ2n) is 12.0. The SMILES string of the molecule is COCCN1CCOC[C@H]1C(=O)N[C@H](C(=O)N1C[C@H](O)C[C@H]1C(=O)NCc1ccc(-c2scnc2C)cc1)C(C)(C)C. The first kappa shape index (κ1) is 32.0. The van der Waals surface area contributed by atoms with Gasteiger partial charge in [-0.25, -0.2) is 4.98 Å². The molecule has 2 aromatic rings. The molecule has 1 aromatic carbocycles. The number of nitrogens with one attached hydrogen (secondary N) is 2. The molecule has 2 aliphatic heterocycles. The minimum atomic E-state index is -0.903. The zero-order chi connectivity index (χ0) is 30.4. The lowest BCUT2D eigenvalue weighted by atomic mass is 9.85. The van der Waals surface area contributed by atoms with Gasteiger partial charge in [-0.2, -0.15) is 0 Å². The summed E-state index contributed by atoms with van der Waals surface area (Å²) in [5.74, 6) is -1.04. The van der Waals surface area contributed by atoms with Gasteiger partial charge in [-0.15, -0.1) is 11.3 Å². The molecule has 1 aromatic heterocycles. The van der Waals surface area contributed by atoms with Crippen LogP contribution in [0.2, 0.25) is 0 Å². The highest BCUT2D eigenvalue weighted by Gasteiger charge is 2.45. The Balaban J connectivity index is 1.42. The van der Waals surface area contributed by atoms with Gasteiger partial charge in [0.1, 0.15) is 18.1 Å². The molecule has 42 heavy (non-hydrogen) atoms. The van der Waals surface area contributed by atoms with Crippen molar-refractivity contribution >= 4 is 29.1 Å². The van der Waals surface area contributed by atoms with Gasteiger partial charge >= 0.3 is 0 Å². The van der Waals surface area contributed by atoms with Crippen molar-refractivity contribution in [3.8, 4) is 10.4 Å². The van der Waals surface area contributed by atoms with Crippen LogP contribution in [0.15, 0.2) is 29.8 Å². The number of likely N-dealkylation sites (tertiary alicyclic amines) is 1. The first-order valence-electron chi connectivity index (χ1n) is 14.4. The molecule has 0 unspecified atom stereocenters. The molecule has 0 bridgehead atoms. The van der Waals surface area contributed by atoms with E-state index in [4.69, 9.17) is 9.47 Å². The number of benzene rings is 1. The predicted octanol–water partition coefficient (Wildman–Crippen LogP) is 1.57. The van der Waals surface area contributed by atoms with Gasteiger partial charge in [0, 0.05) is 39.7 Å². The fourth-order valence-electron chi connectivity index (χ4n) is 5.37. The normalized spacial score (nSPS) is 22.1. The van der Waals surface area contributed by atoms with Crippen molar-refractivity contribution in [1.82, 2.24) is 25.4 Å². The van der Waals surface area contributed by atoms with Gasteiger partial charge in [0.25, 0.3) is 0 Å². The Morgan fingerprint density at radius 1 is 1.19 bits per heavy atom. The maximum atomic E-state index is 13.9. The van der Waals surface area contributed by atoms with Crippen molar-refractivity contribution < 1.29 is 29.0 Å². The Hall–Kier alpha value is -2.90. The van der Waals surface area contributed by atoms with E-state index in [1.807, 2.05) is 62.4 Å². The van der Waals surface area contributed by atoms with E-state index in [9.17, 15) is 19.5 Å². The number of rotatable bonds is 10. The van der Waals surface area contributed by atoms with Gasteiger partial charge in [0.05, 0.1) is 42.0 Å². The lowest BCUT2D eigenvalue weighted by molar-refractivity contribution is -0.146. The third-order valence-electron chi connectivity index (χ3n) is 7.82. The highest BCUT2D eigenvalue weighted by Crippen LogP contribution is 2.28. The summed E-state index contributed by atoms with van der Waals surface area (Å²) >= 11 is 1.58. The molecular weight excluding hydrogens is 558 g/mol. The van der Waals surface area contributed by atoms with E-state index < -0.39 is 35.6 Å². The number of carbonyl (C=O) groups is 3. The molecule has 12 heteroatoms. The number of carbonyl (C=O) groups excluding carboxylic acids is 3. The van der Waals surface area contributed by atoms with Crippen molar-refractivity contribution in [2.24, 2.45) is 5.41 Å². The van der Waals surface area contributed by atoms with Crippen molar-refractivity contribution in [2.75, 3.05) is 46.6 Å². The standard InChI is InChI=1S/C30H43N5O6S/c1-19-25(42-18-32-19)21-8-6-20(7-9-21)15-31-27(37)23-14-22(36)16-35(23)29(39)26(30(2,3)4)33-28(38)24-17-41-13-11-34(24)10-12-40-5/h6-9,18,22-24,26,36H,10-17H2,1-5H3,(H,31,37)(H,33,38)/t22-,23+,24+,26-/m1/s1. The number of ether oxygens (including phenoxy) is 2. The summed E-state index contributed by atoms with van der Waals surface area (Å²) in [7, 11) is 1.61. The van der Waals surface area contributed by atoms with E-state index in [2.05, 4.69) is 15.6 Å². The van der Waals surface area contributed by atoms with Crippen LogP contribution in [-0.2, 0) is 30.4 Å². The van der Waals surface area contributed by atoms with E-state index in [0.29, 0.717) is 26.3 Å². The molecule has 2 aliphatic rings. The number of methoxy groups -OCH3 is 1. The lowest BCUT2D eigenvalue weighted by Crippen LogP contribution is -2.62. The largest absolute Gasteiger partial charge is 0.391 e. The summed E-state index contributed by atoms with van der Waals surface area (Å²) in [5.41, 5.74) is 4.13. The van der Waals surface area contributed by atoms with Gasteiger partial charge in [-0.05, 0) is 23.5 Å². The lowest BCUT2D eigenvalue weighted by Gasteiger charge is -2.38. The predicted molar refractivity (Wildman–Crippen MR) is 160 cm³/mol. The quantitative estimate of drug-likeness (QED) is 0.374. The number of nitrogens with zero attached hydrogens (tertiary/aromatic N) is 3. The van der Waals surface area contributed by atoms with Crippen molar-refractivity contribution in [3.05, 3.63) is 41.0 Å². The minimum Gasteiger partial charge on any atom is -0.391 e. The first-order valence-corrected chi connectivity index (χ1v) is 15.2. The van der Waals surface area contributed by atoms with Crippen molar-refractivity contribution in [2.45, 2.75) is 64.9 Å². The van der Waals surface area contributed by atoms with Gasteiger partial charge in [0.15, 0.2) is 0 Å². The summed E-state index contributed by atoms with van der Waals surface area (Å²) in [4.78, 5) is 49.5. The van der Waals surface area contributed by atoms with Gasteiger partial charge < -0.3 is 30.1 Å². The molecule has 3 amide bonds. The van der Waals surface area contributed by atoms with Crippen LogP contribution in [0.4, 0.5) is 0 Å². The molecular formula is C30H43N5O6S. The van der Waals surface area contributed by atoms with Gasteiger partial charge in [-0.1, -0.05) is 45.0 Å². The van der Waals surface area contributed by atoms with Crippen LogP contribution in [0.5, 0.6) is 0 Å². The average Bonchev–Trinajstić information content (AvgIpc) is 3.58. The maximum absolute atomic E-state index is 13.9. The number of morpholine rings is 1. The summed E-state index contributed by atoms with van der Waals surface area (Å²) in [5, 5.41) is 16.4. The van der Waals surface area contributed by atoms with Crippen molar-refractivity contribution in [3.63, 3.8) is 0 Å². The number of aromatic nitrogens is 1. The fourth-order valence-corrected chi connectivity index (χ4v) is 6.19. The van der Waals surface area contributed by atoms with Crippen LogP contribution in [0.1, 0.15) is 38.4 Å². The highest BCUT2D eigenvalue weighted by molar-refractivity contribution is 7.13. The number of β-amino-alcohol motifs (C(OH)–C–C–N with tert-alkyl or cyclic N) is 1. The van der Waals surface area contributed by atoms with Crippen LogP contribution in [0.3, 0.4) is 0 Å². The molecule has 2 fully saturated rings. The van der Waals surface area contributed by atoms with Crippen LogP contribution in [-0.4, -0.2) is 108 Å². The third-order valence-corrected chi connectivity index (χ3v) is 8.79. The zero-order valence-electron chi connectivity index (χ0n) is 25.1. The maximum Gasteiger partial charge on any atom is 0.246 e. The van der Waals surface area contributed by atoms with Gasteiger partial charge in [0.2, 0.25) is 17.7 Å². The summed E-state index contributed by atoms with van der Waals surface area (Å²) < 4.78 is 10.8. The molecule has 3 heterocycles. The Morgan fingerprint density at radius 3 is 2.57 bits per heavy atom. The number of aryl methyl sites for hydroxylation is 1. The minimum absolute atomic E-state index is 0.0226. The number of thiazole rings is 1. The molecule has 3 N–H and O–H groups in total. The molecule has 0 aliphatic carbocycles. The molecule has 0 spiro atoms. The van der Waals surface area contributed by atoms with Crippen LogP contribution in [0, 0.1) is 12.3 Å². The number of hydrogen-bond acceptors (Lipinski definition) is 9. The molecule has 2 saturated heterocycles. The first-order chi connectivity index (χ1) is 20.0. The molecule has 0 saturated carbocycles. The molecule has 0 radical (unpaired) electrons. The summed E-state index contributed by atoms with van der Waals surface area (Å²) in [6.45, 7) is 10.3. The van der Waals surface area contributed by atoms with Crippen molar-refractivity contribution in [1.29, 1.82) is 0 Å². The second-order valence-corrected chi connectivity index (χ2v) is 12.9. The van der Waals surface area contributed by atoms with E-state index in [1.54, 1.807) is 18.4 Å². The number of aliphatic hydroxyl groups excluding tert-OH is 1. The van der Waals surface area contributed by atoms with Crippen LogP contribution >= 0.6 is 11.3 Å². The Labute approximate surface area is 251 Å². The van der Waals surface area contributed by atoms with E-state index in [1.165, 1.54) is 4.90 Å². The number of amides is 3. The Bertz CT molecular complexity index is 1230. The van der Waals surface area contributed by atoms with E-state index in [-0.39, 0.29) is 37.9 Å². The summed E-state index contributed by atoms with van der Waals surface area (Å²) in [6, 6.07) is 5.61. The summed E-state index contributed by atoms with van der Waals surface area (Å²) in [6.07, 6.45) is -0.702. The topological polar surface area (TPSA) is 133 Å². The smallest absolute Gasteiger partial charge is 0.246 e. The van der Waals surface area contributed by atoms with E-state index >= 15 is 0 Å². The fraction of sp³-hybridized carbons (Fsp3) is 0.600. The number of aliphatic hydroxyl groups is 1. The second kappa shape index (κ2) is 14.0. The molecule has 4 atom stereocenters. The monoisotopic (exact) mass is 601 g/mol. The Morgan fingerprint density at radius 2 is 1.93 bits per heavy atom. The van der Waals surface area contributed by atoms with Crippen LogP contribution in [0.25, 0.3) is 10.4 Å². The zero-order valence-corrected chi connectivity index (χ0v) is 25.9. The molecule has 4 rings (SSSR count). The molecule has 11 nitrogen and oxygen atoms in total. The highest BCUT2D eigenvalue weighted by atomic mass is 32.1. The average molecular weight is 602 g/mol. The van der Waals surface area contributed by atoms with E-state index in [0.717, 1.165) is 21.7 Å². The molecule has 230 valence electrons. The van der Waals surface area contributed by atoms with Gasteiger partial charge in [-0.3, -0.25) is 19.3 Å². The Kier molecular flexibility index (Phi) is 10.7.